The van der Waals surface area contributed by atoms with Crippen LogP contribution in [0.2, 0.25) is 0 Å². The lowest BCUT2D eigenvalue weighted by Gasteiger charge is -2.02. The lowest BCUT2D eigenvalue weighted by molar-refractivity contribution is 0.518. The van der Waals surface area contributed by atoms with Gasteiger partial charge in [-0.25, -0.2) is 0 Å². The minimum atomic E-state index is -0.288. The fraction of sp³-hybridized carbons (Fsp3) is 0.111. The predicted molar refractivity (Wildman–Crippen MR) is 55.3 cm³/mol. The van der Waals surface area contributed by atoms with Crippen molar-refractivity contribution in [2.75, 3.05) is 11.1 Å². The topological polar surface area (TPSA) is 96.9 Å². The van der Waals surface area contributed by atoms with Crippen LogP contribution in [-0.2, 0) is 6.54 Å². The molecule has 0 aromatic carbocycles. The summed E-state index contributed by atoms with van der Waals surface area (Å²) < 4.78 is 5.11. The van der Waals surface area contributed by atoms with Crippen LogP contribution >= 0.6 is 0 Å². The van der Waals surface area contributed by atoms with Gasteiger partial charge in [0, 0.05) is 6.07 Å². The van der Waals surface area contributed by atoms with Gasteiger partial charge in [0.15, 0.2) is 0 Å². The van der Waals surface area contributed by atoms with Crippen LogP contribution in [0.3, 0.4) is 0 Å². The third-order valence-electron chi connectivity index (χ3n) is 1.78. The summed E-state index contributed by atoms with van der Waals surface area (Å²) in [6.07, 6.45) is 1.58. The number of aromatic nitrogens is 2. The molecule has 0 bridgehead atoms. The quantitative estimate of drug-likeness (QED) is 0.681. The minimum Gasteiger partial charge on any atom is -0.467 e. The highest BCUT2D eigenvalue weighted by molar-refractivity contribution is 5.37. The summed E-state index contributed by atoms with van der Waals surface area (Å²) in [5, 5.41) is 2.92. The highest BCUT2D eigenvalue weighted by Gasteiger charge is 1.99. The van der Waals surface area contributed by atoms with Gasteiger partial charge in [-0.15, -0.1) is 0 Å². The summed E-state index contributed by atoms with van der Waals surface area (Å²) in [5.41, 5.74) is 5.09. The number of nitrogens with one attached hydrogen (secondary N) is 2. The van der Waals surface area contributed by atoms with E-state index >= 15 is 0 Å². The van der Waals surface area contributed by atoms with Gasteiger partial charge in [-0.05, 0) is 12.1 Å². The van der Waals surface area contributed by atoms with Gasteiger partial charge in [-0.3, -0.25) is 9.78 Å². The van der Waals surface area contributed by atoms with Crippen LogP contribution in [-0.4, -0.2) is 9.97 Å². The smallest absolute Gasteiger partial charge is 0.254 e. The van der Waals surface area contributed by atoms with Gasteiger partial charge in [0.2, 0.25) is 5.95 Å². The number of rotatable bonds is 3. The van der Waals surface area contributed by atoms with Crippen LogP contribution < -0.4 is 16.6 Å². The van der Waals surface area contributed by atoms with E-state index in [9.17, 15) is 4.79 Å². The molecule has 0 amide bonds. The maximum Gasteiger partial charge on any atom is 0.254 e. The van der Waals surface area contributed by atoms with Gasteiger partial charge in [-0.2, -0.15) is 4.98 Å². The Morgan fingerprint density at radius 1 is 1.60 bits per heavy atom. The van der Waals surface area contributed by atoms with Crippen molar-refractivity contribution in [2.45, 2.75) is 6.54 Å². The van der Waals surface area contributed by atoms with Gasteiger partial charge in [-0.1, -0.05) is 0 Å². The number of nitrogen functional groups attached to an aromatic ring is 1. The van der Waals surface area contributed by atoms with Crippen LogP contribution in [0.15, 0.2) is 33.7 Å². The molecule has 0 fully saturated rings. The summed E-state index contributed by atoms with van der Waals surface area (Å²) in [6, 6.07) is 4.94. The number of hydrogen-bond acceptors (Lipinski definition) is 5. The van der Waals surface area contributed by atoms with Crippen molar-refractivity contribution in [3.63, 3.8) is 0 Å². The molecule has 0 aliphatic heterocycles. The van der Waals surface area contributed by atoms with E-state index in [1.807, 2.05) is 6.07 Å². The van der Waals surface area contributed by atoms with Crippen molar-refractivity contribution in [1.82, 2.24) is 9.97 Å². The first-order valence-corrected chi connectivity index (χ1v) is 4.37. The molecule has 0 radical (unpaired) electrons. The van der Waals surface area contributed by atoms with E-state index in [1.165, 1.54) is 6.07 Å². The molecule has 2 aromatic rings. The first kappa shape index (κ1) is 9.32. The summed E-state index contributed by atoms with van der Waals surface area (Å²) in [7, 11) is 0. The maximum atomic E-state index is 11.0. The van der Waals surface area contributed by atoms with Crippen molar-refractivity contribution in [2.24, 2.45) is 0 Å². The molecule has 0 aliphatic rings. The predicted octanol–water partition coefficient (Wildman–Crippen LogP) is 0.557. The number of aromatic amines is 1. The summed E-state index contributed by atoms with van der Waals surface area (Å²) in [6.45, 7) is 0.461. The zero-order chi connectivity index (χ0) is 10.7. The van der Waals surface area contributed by atoms with Gasteiger partial charge in [0.05, 0.1) is 12.8 Å². The summed E-state index contributed by atoms with van der Waals surface area (Å²) >= 11 is 0. The molecule has 2 heterocycles. The molecule has 0 unspecified atom stereocenters. The van der Waals surface area contributed by atoms with E-state index in [0.29, 0.717) is 12.4 Å². The molecule has 4 N–H and O–H groups in total. The minimum absolute atomic E-state index is 0.0874. The molecule has 0 atom stereocenters. The fourth-order valence-electron chi connectivity index (χ4n) is 1.16. The van der Waals surface area contributed by atoms with Crippen molar-refractivity contribution >= 4 is 11.8 Å². The Kier molecular flexibility index (Phi) is 2.40. The number of hydrogen-bond donors (Lipinski definition) is 3. The SMILES string of the molecule is Nc1nc(NCc2ccco2)cc(=O)[nH]1. The zero-order valence-corrected chi connectivity index (χ0v) is 7.86. The van der Waals surface area contributed by atoms with Gasteiger partial charge in [0.1, 0.15) is 11.6 Å². The molecule has 0 saturated carbocycles. The molecule has 78 valence electrons. The summed E-state index contributed by atoms with van der Waals surface area (Å²) in [4.78, 5) is 17.3. The Morgan fingerprint density at radius 2 is 2.47 bits per heavy atom. The molecule has 15 heavy (non-hydrogen) atoms. The first-order valence-electron chi connectivity index (χ1n) is 4.37. The first-order chi connectivity index (χ1) is 7.24. The van der Waals surface area contributed by atoms with Crippen LogP contribution in [0.25, 0.3) is 0 Å². The lowest BCUT2D eigenvalue weighted by atomic mass is 10.4. The third kappa shape index (κ3) is 2.37. The molecule has 0 aliphatic carbocycles. The Balaban J connectivity index is 2.08. The number of furan rings is 1. The van der Waals surface area contributed by atoms with Crippen molar-refractivity contribution in [3.05, 3.63) is 40.6 Å². The van der Waals surface area contributed by atoms with Gasteiger partial charge < -0.3 is 15.5 Å². The van der Waals surface area contributed by atoms with Crippen LogP contribution in [0, 0.1) is 0 Å². The Morgan fingerprint density at radius 3 is 3.13 bits per heavy atom. The largest absolute Gasteiger partial charge is 0.467 e. The second-order valence-electron chi connectivity index (χ2n) is 2.95. The second-order valence-corrected chi connectivity index (χ2v) is 2.95. The third-order valence-corrected chi connectivity index (χ3v) is 1.78. The maximum absolute atomic E-state index is 11.0. The van der Waals surface area contributed by atoms with E-state index in [2.05, 4.69) is 15.3 Å². The number of nitrogens with zero attached hydrogens (tertiary/aromatic N) is 1. The fourth-order valence-corrected chi connectivity index (χ4v) is 1.16. The lowest BCUT2D eigenvalue weighted by Crippen LogP contribution is -2.12. The molecule has 6 nitrogen and oxygen atoms in total. The highest BCUT2D eigenvalue weighted by atomic mass is 16.3. The van der Waals surface area contributed by atoms with E-state index in [0.717, 1.165) is 5.76 Å². The van der Waals surface area contributed by atoms with E-state index in [4.69, 9.17) is 10.2 Å². The van der Waals surface area contributed by atoms with Gasteiger partial charge in [0.25, 0.3) is 5.56 Å². The highest BCUT2D eigenvalue weighted by Crippen LogP contribution is 2.05. The average Bonchev–Trinajstić information content (AvgIpc) is 2.65. The molecular weight excluding hydrogens is 196 g/mol. The number of nitrogens with two attached hydrogens (primary N) is 1. The van der Waals surface area contributed by atoms with Crippen molar-refractivity contribution in [3.8, 4) is 0 Å². The van der Waals surface area contributed by atoms with Crippen molar-refractivity contribution in [1.29, 1.82) is 0 Å². The molecule has 0 saturated heterocycles. The average molecular weight is 206 g/mol. The Hall–Kier alpha value is -2.24. The van der Waals surface area contributed by atoms with Crippen LogP contribution in [0.1, 0.15) is 5.76 Å². The standard InChI is InChI=1S/C9H10N4O2/c10-9-12-7(4-8(14)13-9)11-5-6-2-1-3-15-6/h1-4H,5H2,(H4,10,11,12,13,14). The van der Waals surface area contributed by atoms with Crippen molar-refractivity contribution < 1.29 is 4.42 Å². The normalized spacial score (nSPS) is 10.1. The Labute approximate surface area is 85.1 Å². The zero-order valence-electron chi connectivity index (χ0n) is 7.86. The van der Waals surface area contributed by atoms with E-state index in [-0.39, 0.29) is 11.5 Å². The van der Waals surface area contributed by atoms with E-state index < -0.39 is 0 Å². The number of anilines is 2. The molecule has 2 aromatic heterocycles. The summed E-state index contributed by atoms with van der Waals surface area (Å²) in [5.74, 6) is 1.27. The van der Waals surface area contributed by atoms with Crippen LogP contribution in [0.4, 0.5) is 11.8 Å². The number of H-pyrrole nitrogens is 1. The monoisotopic (exact) mass is 206 g/mol. The van der Waals surface area contributed by atoms with Gasteiger partial charge >= 0.3 is 0 Å². The molecule has 2 rings (SSSR count). The van der Waals surface area contributed by atoms with E-state index in [1.54, 1.807) is 12.3 Å². The molecule has 6 heteroatoms. The Bertz CT molecular complexity index is 489. The molecular formula is C9H10N4O2. The molecule has 0 spiro atoms. The second kappa shape index (κ2) is 3.87. The van der Waals surface area contributed by atoms with Crippen LogP contribution in [0.5, 0.6) is 0 Å².